The fourth-order valence-corrected chi connectivity index (χ4v) is 2.33. The first kappa shape index (κ1) is 13.3. The molecule has 2 aromatic carbocycles. The molecule has 0 bridgehead atoms. The van der Waals surface area contributed by atoms with Crippen molar-refractivity contribution in [3.05, 3.63) is 41.5 Å². The maximum absolute atomic E-state index is 10.2. The highest BCUT2D eigenvalue weighted by molar-refractivity contribution is 5.76. The lowest BCUT2D eigenvalue weighted by atomic mass is 9.93. The maximum atomic E-state index is 10.2. The molecule has 0 aliphatic heterocycles. The Bertz CT molecular complexity index is 603. The minimum absolute atomic E-state index is 0.0124. The van der Waals surface area contributed by atoms with Gasteiger partial charge in [0.1, 0.15) is 17.2 Å². The van der Waals surface area contributed by atoms with Gasteiger partial charge >= 0.3 is 0 Å². The Balaban J connectivity index is 2.65. The molecule has 0 fully saturated rings. The van der Waals surface area contributed by atoms with Crippen molar-refractivity contribution in [2.45, 2.75) is 26.7 Å². The predicted octanol–water partition coefficient (Wildman–Crippen LogP) is 3.60. The smallest absolute Gasteiger partial charge is 0.127 e. The molecule has 3 heteroatoms. The predicted molar refractivity (Wildman–Crippen MR) is 75.6 cm³/mol. The van der Waals surface area contributed by atoms with Crippen LogP contribution in [0.3, 0.4) is 0 Å². The van der Waals surface area contributed by atoms with Crippen LogP contribution in [0.4, 0.5) is 0 Å². The normalized spacial score (nSPS) is 10.6. The van der Waals surface area contributed by atoms with Crippen LogP contribution in [0.15, 0.2) is 30.3 Å². The summed E-state index contributed by atoms with van der Waals surface area (Å²) in [5.74, 6) is 0.335. The number of benzene rings is 2. The van der Waals surface area contributed by atoms with Gasteiger partial charge in [-0.3, -0.25) is 0 Å². The monoisotopic (exact) mass is 258 g/mol. The highest BCUT2D eigenvalue weighted by Gasteiger charge is 2.14. The van der Waals surface area contributed by atoms with Crippen molar-refractivity contribution < 1.29 is 15.3 Å². The summed E-state index contributed by atoms with van der Waals surface area (Å²) < 4.78 is 0. The van der Waals surface area contributed by atoms with Crippen LogP contribution in [0, 0.1) is 0 Å². The second-order valence-corrected chi connectivity index (χ2v) is 4.51. The fourth-order valence-electron chi connectivity index (χ4n) is 2.33. The lowest BCUT2D eigenvalue weighted by Crippen LogP contribution is -1.93. The van der Waals surface area contributed by atoms with E-state index in [1.165, 1.54) is 12.1 Å². The van der Waals surface area contributed by atoms with Gasteiger partial charge in [-0.15, -0.1) is 0 Å². The molecule has 0 atom stereocenters. The average Bonchev–Trinajstić information content (AvgIpc) is 2.38. The molecule has 0 radical (unpaired) electrons. The van der Waals surface area contributed by atoms with E-state index in [2.05, 4.69) is 0 Å². The number of rotatable bonds is 3. The standard InChI is InChI=1S/C16H18O3/c1-3-10-5-7-13(12(4-2)16(10)19)14-8-6-11(17)9-15(14)18/h5-9,17-19H,3-4H2,1-2H3. The summed E-state index contributed by atoms with van der Waals surface area (Å²) in [5.41, 5.74) is 3.14. The van der Waals surface area contributed by atoms with Crippen molar-refractivity contribution in [3.63, 3.8) is 0 Å². The topological polar surface area (TPSA) is 60.7 Å². The molecule has 0 heterocycles. The maximum Gasteiger partial charge on any atom is 0.127 e. The molecule has 3 nitrogen and oxygen atoms in total. The third kappa shape index (κ3) is 2.36. The number of aromatic hydroxyl groups is 3. The molecule has 0 aliphatic rings. The summed E-state index contributed by atoms with van der Waals surface area (Å²) in [6.07, 6.45) is 1.44. The fraction of sp³-hybridized carbons (Fsp3) is 0.250. The summed E-state index contributed by atoms with van der Waals surface area (Å²) in [5, 5.41) is 29.5. The van der Waals surface area contributed by atoms with Gasteiger partial charge in [0.05, 0.1) is 0 Å². The summed E-state index contributed by atoms with van der Waals surface area (Å²) in [4.78, 5) is 0. The number of phenolic OH excluding ortho intramolecular Hbond substituents is 3. The molecule has 2 aromatic rings. The molecule has 3 N–H and O–H groups in total. The first-order valence-corrected chi connectivity index (χ1v) is 6.44. The SMILES string of the molecule is CCc1ccc(-c2ccc(O)cc2O)c(CC)c1O. The Morgan fingerprint density at radius 2 is 1.53 bits per heavy atom. The van der Waals surface area contributed by atoms with E-state index in [9.17, 15) is 15.3 Å². The first-order valence-electron chi connectivity index (χ1n) is 6.44. The Hall–Kier alpha value is -2.16. The molecular weight excluding hydrogens is 240 g/mol. The second-order valence-electron chi connectivity index (χ2n) is 4.51. The number of hydrogen-bond donors (Lipinski definition) is 3. The van der Waals surface area contributed by atoms with Gasteiger partial charge < -0.3 is 15.3 Å². The van der Waals surface area contributed by atoms with Crippen molar-refractivity contribution in [3.8, 4) is 28.4 Å². The van der Waals surface area contributed by atoms with Crippen LogP contribution < -0.4 is 0 Å². The van der Waals surface area contributed by atoms with E-state index in [1.54, 1.807) is 6.07 Å². The number of hydrogen-bond acceptors (Lipinski definition) is 3. The van der Waals surface area contributed by atoms with Crippen molar-refractivity contribution in [2.75, 3.05) is 0 Å². The zero-order valence-corrected chi connectivity index (χ0v) is 11.1. The second kappa shape index (κ2) is 5.22. The lowest BCUT2D eigenvalue weighted by Gasteiger charge is -2.14. The van der Waals surface area contributed by atoms with Crippen molar-refractivity contribution in [2.24, 2.45) is 0 Å². The molecule has 0 unspecified atom stereocenters. The van der Waals surface area contributed by atoms with Crippen LogP contribution in [0.1, 0.15) is 25.0 Å². The summed E-state index contributed by atoms with van der Waals surface area (Å²) >= 11 is 0. The highest BCUT2D eigenvalue weighted by atomic mass is 16.3. The number of aryl methyl sites for hydroxylation is 1. The molecule has 0 saturated heterocycles. The van der Waals surface area contributed by atoms with Crippen LogP contribution in [-0.2, 0) is 12.8 Å². The van der Waals surface area contributed by atoms with E-state index >= 15 is 0 Å². The quantitative estimate of drug-likeness (QED) is 0.788. The van der Waals surface area contributed by atoms with Crippen LogP contribution in [0.2, 0.25) is 0 Å². The van der Waals surface area contributed by atoms with Crippen LogP contribution in [0.25, 0.3) is 11.1 Å². The van der Waals surface area contributed by atoms with E-state index in [1.807, 2.05) is 26.0 Å². The lowest BCUT2D eigenvalue weighted by molar-refractivity contribution is 0.451. The molecular formula is C16H18O3. The van der Waals surface area contributed by atoms with Gasteiger partial charge in [-0.2, -0.15) is 0 Å². The van der Waals surface area contributed by atoms with Crippen LogP contribution >= 0.6 is 0 Å². The molecule has 2 rings (SSSR count). The third-order valence-electron chi connectivity index (χ3n) is 3.37. The van der Waals surface area contributed by atoms with E-state index in [0.29, 0.717) is 17.7 Å². The number of phenols is 3. The van der Waals surface area contributed by atoms with Gasteiger partial charge in [0.15, 0.2) is 0 Å². The molecule has 100 valence electrons. The minimum Gasteiger partial charge on any atom is -0.508 e. The zero-order valence-electron chi connectivity index (χ0n) is 11.1. The van der Waals surface area contributed by atoms with E-state index < -0.39 is 0 Å². The zero-order chi connectivity index (χ0) is 14.0. The first-order chi connectivity index (χ1) is 9.08. The van der Waals surface area contributed by atoms with Crippen LogP contribution in [-0.4, -0.2) is 15.3 Å². The molecule has 19 heavy (non-hydrogen) atoms. The highest BCUT2D eigenvalue weighted by Crippen LogP contribution is 2.38. The Morgan fingerprint density at radius 1 is 0.842 bits per heavy atom. The summed E-state index contributed by atoms with van der Waals surface area (Å²) in [7, 11) is 0. The van der Waals surface area contributed by atoms with E-state index in [4.69, 9.17) is 0 Å². The average molecular weight is 258 g/mol. The molecule has 0 amide bonds. The summed E-state index contributed by atoms with van der Waals surface area (Å²) in [6.45, 7) is 3.96. The molecule has 0 saturated carbocycles. The van der Waals surface area contributed by atoms with Crippen LogP contribution in [0.5, 0.6) is 17.2 Å². The Morgan fingerprint density at radius 3 is 2.11 bits per heavy atom. The van der Waals surface area contributed by atoms with Gasteiger partial charge in [0.25, 0.3) is 0 Å². The molecule has 0 spiro atoms. The van der Waals surface area contributed by atoms with E-state index in [0.717, 1.165) is 23.1 Å². The third-order valence-corrected chi connectivity index (χ3v) is 3.37. The van der Waals surface area contributed by atoms with Gasteiger partial charge in [-0.1, -0.05) is 26.0 Å². The van der Waals surface area contributed by atoms with E-state index in [-0.39, 0.29) is 11.5 Å². The van der Waals surface area contributed by atoms with Gasteiger partial charge in [-0.05, 0) is 36.1 Å². The molecule has 0 aromatic heterocycles. The molecule has 0 aliphatic carbocycles. The van der Waals surface area contributed by atoms with Gasteiger partial charge in [0, 0.05) is 17.2 Å². The minimum atomic E-state index is 0.0124. The Kier molecular flexibility index (Phi) is 3.65. The van der Waals surface area contributed by atoms with Crippen molar-refractivity contribution in [1.82, 2.24) is 0 Å². The van der Waals surface area contributed by atoms with Crippen molar-refractivity contribution in [1.29, 1.82) is 0 Å². The summed E-state index contributed by atoms with van der Waals surface area (Å²) in [6, 6.07) is 8.27. The largest absolute Gasteiger partial charge is 0.508 e. The Labute approximate surface area is 112 Å². The van der Waals surface area contributed by atoms with Crippen molar-refractivity contribution >= 4 is 0 Å². The van der Waals surface area contributed by atoms with Gasteiger partial charge in [-0.25, -0.2) is 0 Å². The van der Waals surface area contributed by atoms with Gasteiger partial charge in [0.2, 0.25) is 0 Å².